The molecule has 0 aromatic heterocycles. The average Bonchev–Trinajstić information content (AvgIpc) is 2.37. The largest absolute Gasteiger partial charge is 0.444 e. The van der Waals surface area contributed by atoms with Crippen molar-refractivity contribution >= 4 is 6.09 Å². The predicted octanol–water partition coefficient (Wildman–Crippen LogP) is 1.70. The third-order valence-electron chi connectivity index (χ3n) is 2.88. The van der Waals surface area contributed by atoms with E-state index in [0.29, 0.717) is 13.0 Å². The van der Waals surface area contributed by atoms with Crippen LogP contribution in [-0.4, -0.2) is 42.5 Å². The van der Waals surface area contributed by atoms with Gasteiger partial charge in [0.05, 0.1) is 12.1 Å². The molecule has 5 heteroatoms. The minimum atomic E-state index is -0.692. The molecule has 0 bridgehead atoms. The predicted molar refractivity (Wildman–Crippen MR) is 83.2 cm³/mol. The molecule has 1 aromatic rings. The highest BCUT2D eigenvalue weighted by Crippen LogP contribution is 2.10. The second-order valence-corrected chi connectivity index (χ2v) is 6.07. The van der Waals surface area contributed by atoms with Crippen molar-refractivity contribution in [2.75, 3.05) is 13.6 Å². The van der Waals surface area contributed by atoms with Crippen molar-refractivity contribution in [2.24, 2.45) is 0 Å². The lowest BCUT2D eigenvalue weighted by Crippen LogP contribution is -2.49. The molecule has 0 aliphatic carbocycles. The molecule has 5 nitrogen and oxygen atoms in total. The summed E-state index contributed by atoms with van der Waals surface area (Å²) in [5, 5.41) is 15.9. The van der Waals surface area contributed by atoms with Crippen molar-refractivity contribution in [3.63, 3.8) is 0 Å². The summed E-state index contributed by atoms with van der Waals surface area (Å²) in [4.78, 5) is 11.9. The summed E-state index contributed by atoms with van der Waals surface area (Å²) in [6.07, 6.45) is -0.663. The Bertz CT molecular complexity index is 429. The zero-order valence-corrected chi connectivity index (χ0v) is 13.2. The number of aliphatic hydroxyl groups is 1. The standard InChI is InChI=1S/C16H26N2O3/c1-16(2,3)21-15(20)18-13(14(19)11-17-4)10-12-8-6-5-7-9-12/h5-9,13-14,17,19H,10-11H2,1-4H3,(H,18,20)/t13-,14+/m0/s1. The number of ether oxygens (including phenoxy) is 1. The van der Waals surface area contributed by atoms with Gasteiger partial charge >= 0.3 is 6.09 Å². The van der Waals surface area contributed by atoms with Crippen LogP contribution in [0.3, 0.4) is 0 Å². The van der Waals surface area contributed by atoms with Gasteiger partial charge in [-0.15, -0.1) is 0 Å². The van der Waals surface area contributed by atoms with E-state index < -0.39 is 23.8 Å². The van der Waals surface area contributed by atoms with E-state index in [9.17, 15) is 9.90 Å². The van der Waals surface area contributed by atoms with Crippen LogP contribution in [0.5, 0.6) is 0 Å². The lowest BCUT2D eigenvalue weighted by atomic mass is 10.0. The summed E-state index contributed by atoms with van der Waals surface area (Å²) < 4.78 is 5.25. The summed E-state index contributed by atoms with van der Waals surface area (Å²) in [6, 6.07) is 9.33. The first kappa shape index (κ1) is 17.5. The van der Waals surface area contributed by atoms with Crippen molar-refractivity contribution < 1.29 is 14.6 Å². The number of nitrogens with one attached hydrogen (secondary N) is 2. The van der Waals surface area contributed by atoms with Gasteiger partial charge in [-0.2, -0.15) is 0 Å². The normalized spacial score (nSPS) is 14.3. The van der Waals surface area contributed by atoms with Crippen molar-refractivity contribution in [3.05, 3.63) is 35.9 Å². The molecule has 3 N–H and O–H groups in total. The molecule has 0 heterocycles. The molecule has 0 saturated carbocycles. The molecule has 1 aromatic carbocycles. The number of carbonyl (C=O) groups excluding carboxylic acids is 1. The number of alkyl carbamates (subject to hydrolysis) is 1. The molecule has 2 atom stereocenters. The fourth-order valence-corrected chi connectivity index (χ4v) is 1.96. The molecule has 1 rings (SSSR count). The summed E-state index contributed by atoms with van der Waals surface area (Å²) in [5.74, 6) is 0. The van der Waals surface area contributed by atoms with Crippen LogP contribution in [0.1, 0.15) is 26.3 Å². The summed E-state index contributed by atoms with van der Waals surface area (Å²) >= 11 is 0. The van der Waals surface area contributed by atoms with Crippen LogP contribution in [0.4, 0.5) is 4.79 Å². The third kappa shape index (κ3) is 7.11. The Hall–Kier alpha value is -1.59. The number of amides is 1. The zero-order valence-electron chi connectivity index (χ0n) is 13.2. The summed E-state index contributed by atoms with van der Waals surface area (Å²) in [6.45, 7) is 5.82. The number of hydrogen-bond acceptors (Lipinski definition) is 4. The number of rotatable bonds is 6. The first-order chi connectivity index (χ1) is 9.81. The van der Waals surface area contributed by atoms with Crippen LogP contribution in [0.15, 0.2) is 30.3 Å². The highest BCUT2D eigenvalue weighted by molar-refractivity contribution is 5.68. The number of likely N-dealkylation sites (N-methyl/N-ethyl adjacent to an activating group) is 1. The number of carbonyl (C=O) groups is 1. The Labute approximate surface area is 126 Å². The van der Waals surface area contributed by atoms with Crippen LogP contribution >= 0.6 is 0 Å². The molecular weight excluding hydrogens is 268 g/mol. The van der Waals surface area contributed by atoms with Gasteiger partial charge in [0.15, 0.2) is 0 Å². The third-order valence-corrected chi connectivity index (χ3v) is 2.88. The van der Waals surface area contributed by atoms with Gasteiger partial charge < -0.3 is 20.5 Å². The molecule has 0 aliphatic heterocycles. The van der Waals surface area contributed by atoms with E-state index >= 15 is 0 Å². The van der Waals surface area contributed by atoms with Crippen molar-refractivity contribution in [3.8, 4) is 0 Å². The van der Waals surface area contributed by atoms with E-state index in [2.05, 4.69) is 10.6 Å². The second-order valence-electron chi connectivity index (χ2n) is 6.07. The Morgan fingerprint density at radius 1 is 1.29 bits per heavy atom. The summed E-state index contributed by atoms with van der Waals surface area (Å²) in [7, 11) is 1.76. The van der Waals surface area contributed by atoms with Gasteiger partial charge in [-0.05, 0) is 39.8 Å². The smallest absolute Gasteiger partial charge is 0.407 e. The molecule has 0 saturated heterocycles. The molecule has 21 heavy (non-hydrogen) atoms. The quantitative estimate of drug-likeness (QED) is 0.747. The van der Waals surface area contributed by atoms with Crippen LogP contribution in [0.2, 0.25) is 0 Å². The minimum Gasteiger partial charge on any atom is -0.444 e. The van der Waals surface area contributed by atoms with Crippen LogP contribution in [0, 0.1) is 0 Å². The van der Waals surface area contributed by atoms with E-state index in [1.165, 1.54) is 0 Å². The molecule has 0 unspecified atom stereocenters. The van der Waals surface area contributed by atoms with E-state index in [0.717, 1.165) is 5.56 Å². The lowest BCUT2D eigenvalue weighted by molar-refractivity contribution is 0.0424. The maximum atomic E-state index is 11.9. The Morgan fingerprint density at radius 3 is 2.43 bits per heavy atom. The van der Waals surface area contributed by atoms with Gasteiger partial charge in [0.25, 0.3) is 0 Å². The highest BCUT2D eigenvalue weighted by atomic mass is 16.6. The topological polar surface area (TPSA) is 70.6 Å². The summed E-state index contributed by atoms with van der Waals surface area (Å²) in [5.41, 5.74) is 0.490. The SMILES string of the molecule is CNC[C@@H](O)[C@H](Cc1ccccc1)NC(=O)OC(C)(C)C. The Morgan fingerprint density at radius 2 is 1.90 bits per heavy atom. The van der Waals surface area contributed by atoms with Gasteiger partial charge in [0.2, 0.25) is 0 Å². The maximum absolute atomic E-state index is 11.9. The highest BCUT2D eigenvalue weighted by Gasteiger charge is 2.24. The lowest BCUT2D eigenvalue weighted by Gasteiger charge is -2.26. The molecule has 0 spiro atoms. The van der Waals surface area contributed by atoms with Crippen LogP contribution < -0.4 is 10.6 Å². The Balaban J connectivity index is 2.71. The number of aliphatic hydroxyl groups excluding tert-OH is 1. The zero-order chi connectivity index (χ0) is 15.9. The van der Waals surface area contributed by atoms with Gasteiger partial charge in [-0.25, -0.2) is 4.79 Å². The second kappa shape index (κ2) is 8.00. The minimum absolute atomic E-state index is 0.396. The molecule has 0 fully saturated rings. The van der Waals surface area contributed by atoms with Gasteiger partial charge in [-0.3, -0.25) is 0 Å². The Kier molecular flexibility index (Phi) is 6.65. The van der Waals surface area contributed by atoms with Crippen molar-refractivity contribution in [1.82, 2.24) is 10.6 Å². The average molecular weight is 294 g/mol. The van der Waals surface area contributed by atoms with E-state index in [4.69, 9.17) is 4.74 Å². The first-order valence-corrected chi connectivity index (χ1v) is 7.18. The molecule has 0 aliphatic rings. The fraction of sp³-hybridized carbons (Fsp3) is 0.562. The van der Waals surface area contributed by atoms with Crippen molar-refractivity contribution in [2.45, 2.75) is 44.9 Å². The maximum Gasteiger partial charge on any atom is 0.407 e. The van der Waals surface area contributed by atoms with Crippen LogP contribution in [-0.2, 0) is 11.2 Å². The molecule has 0 radical (unpaired) electrons. The monoisotopic (exact) mass is 294 g/mol. The van der Waals surface area contributed by atoms with Crippen molar-refractivity contribution in [1.29, 1.82) is 0 Å². The van der Waals surface area contributed by atoms with Gasteiger partial charge in [0.1, 0.15) is 5.60 Å². The number of benzene rings is 1. The molecule has 118 valence electrons. The van der Waals surface area contributed by atoms with Gasteiger partial charge in [-0.1, -0.05) is 30.3 Å². The van der Waals surface area contributed by atoms with E-state index in [1.807, 2.05) is 51.1 Å². The number of hydrogen-bond donors (Lipinski definition) is 3. The van der Waals surface area contributed by atoms with Gasteiger partial charge in [0, 0.05) is 6.54 Å². The van der Waals surface area contributed by atoms with E-state index in [-0.39, 0.29) is 0 Å². The fourth-order valence-electron chi connectivity index (χ4n) is 1.96. The first-order valence-electron chi connectivity index (χ1n) is 7.18. The molecule has 1 amide bonds. The van der Waals surface area contributed by atoms with E-state index in [1.54, 1.807) is 7.05 Å². The van der Waals surface area contributed by atoms with Crippen LogP contribution in [0.25, 0.3) is 0 Å². The molecular formula is C16H26N2O3.